The first kappa shape index (κ1) is 18.3. The van der Waals surface area contributed by atoms with Gasteiger partial charge in [0.05, 0.1) is 23.9 Å². The average Bonchev–Trinajstić information content (AvgIpc) is 2.76. The quantitative estimate of drug-likeness (QED) is 0.744. The summed E-state index contributed by atoms with van der Waals surface area (Å²) in [5.41, 5.74) is 3.18. The van der Waals surface area contributed by atoms with Crippen LogP contribution in [0.15, 0.2) is 72.8 Å². The van der Waals surface area contributed by atoms with Crippen LogP contribution in [0.4, 0.5) is 11.4 Å². The SMILES string of the molecule is N#Cc1ccc(NC(=O)c2ccc3c(c2)OCC(=O)N3Cc2ccccc2)cc1. The third-order valence-corrected chi connectivity index (χ3v) is 4.62. The number of hydrogen-bond donors (Lipinski definition) is 1. The van der Waals surface area contributed by atoms with Crippen molar-refractivity contribution in [1.29, 1.82) is 5.26 Å². The fraction of sp³-hybridized carbons (Fsp3) is 0.0870. The standard InChI is InChI=1S/C23H17N3O3/c24-13-16-6-9-19(10-7-16)25-23(28)18-8-11-20-21(12-18)29-15-22(27)26(20)14-17-4-2-1-3-5-17/h1-12H,14-15H2,(H,25,28). The summed E-state index contributed by atoms with van der Waals surface area (Å²) in [6.45, 7) is 0.368. The Hall–Kier alpha value is -4.11. The minimum Gasteiger partial charge on any atom is -0.482 e. The number of carbonyl (C=O) groups is 2. The largest absolute Gasteiger partial charge is 0.482 e. The number of benzene rings is 3. The molecule has 142 valence electrons. The predicted octanol–water partition coefficient (Wildman–Crippen LogP) is 3.74. The van der Waals surface area contributed by atoms with Crippen molar-refractivity contribution in [3.63, 3.8) is 0 Å². The Kier molecular flexibility index (Phi) is 4.95. The minimum atomic E-state index is -0.299. The van der Waals surface area contributed by atoms with Crippen LogP contribution >= 0.6 is 0 Å². The van der Waals surface area contributed by atoms with Crippen molar-refractivity contribution in [3.8, 4) is 11.8 Å². The lowest BCUT2D eigenvalue weighted by Crippen LogP contribution is -2.38. The maximum absolute atomic E-state index is 12.6. The fourth-order valence-corrected chi connectivity index (χ4v) is 3.12. The van der Waals surface area contributed by atoms with Crippen LogP contribution in [0.5, 0.6) is 5.75 Å². The van der Waals surface area contributed by atoms with Crippen LogP contribution in [0.2, 0.25) is 0 Å². The number of ether oxygens (including phenoxy) is 1. The highest BCUT2D eigenvalue weighted by molar-refractivity contribution is 6.06. The molecular weight excluding hydrogens is 366 g/mol. The average molecular weight is 383 g/mol. The summed E-state index contributed by atoms with van der Waals surface area (Å²) in [5.74, 6) is 0.0664. The maximum atomic E-state index is 12.6. The van der Waals surface area contributed by atoms with E-state index >= 15 is 0 Å². The third-order valence-electron chi connectivity index (χ3n) is 4.62. The Bertz CT molecular complexity index is 1100. The summed E-state index contributed by atoms with van der Waals surface area (Å²) in [7, 11) is 0. The minimum absolute atomic E-state index is 0.0689. The molecule has 3 aromatic rings. The number of amides is 2. The number of fused-ring (bicyclic) bond motifs is 1. The molecule has 0 fully saturated rings. The lowest BCUT2D eigenvalue weighted by Gasteiger charge is -2.29. The number of nitriles is 1. The molecule has 0 aliphatic carbocycles. The number of nitrogens with zero attached hydrogens (tertiary/aromatic N) is 2. The van der Waals surface area contributed by atoms with Gasteiger partial charge < -0.3 is 15.0 Å². The summed E-state index contributed by atoms with van der Waals surface area (Å²) in [6, 6.07) is 23.4. The van der Waals surface area contributed by atoms with Crippen molar-refractivity contribution >= 4 is 23.2 Å². The van der Waals surface area contributed by atoms with Crippen LogP contribution in [-0.2, 0) is 11.3 Å². The molecule has 1 aliphatic heterocycles. The zero-order chi connectivity index (χ0) is 20.2. The van der Waals surface area contributed by atoms with E-state index in [1.807, 2.05) is 36.4 Å². The van der Waals surface area contributed by atoms with E-state index in [1.54, 1.807) is 47.4 Å². The molecule has 0 spiro atoms. The molecule has 6 heteroatoms. The first-order valence-electron chi connectivity index (χ1n) is 9.07. The Morgan fingerprint density at radius 3 is 2.55 bits per heavy atom. The molecule has 0 saturated heterocycles. The highest BCUT2D eigenvalue weighted by Gasteiger charge is 2.26. The van der Waals surface area contributed by atoms with E-state index in [9.17, 15) is 9.59 Å². The Labute approximate surface area is 168 Å². The van der Waals surface area contributed by atoms with Crippen LogP contribution in [0, 0.1) is 11.3 Å². The highest BCUT2D eigenvalue weighted by atomic mass is 16.5. The molecule has 0 aromatic heterocycles. The molecule has 0 atom stereocenters. The van der Waals surface area contributed by atoms with Gasteiger partial charge in [-0.1, -0.05) is 30.3 Å². The van der Waals surface area contributed by atoms with Gasteiger partial charge in [0.25, 0.3) is 11.8 Å². The third kappa shape index (κ3) is 3.94. The smallest absolute Gasteiger partial charge is 0.265 e. The topological polar surface area (TPSA) is 82.4 Å². The lowest BCUT2D eigenvalue weighted by atomic mass is 10.1. The number of anilines is 2. The molecule has 0 saturated carbocycles. The van der Waals surface area contributed by atoms with Crippen LogP contribution in [-0.4, -0.2) is 18.4 Å². The molecule has 0 radical (unpaired) electrons. The van der Waals surface area contributed by atoms with Crippen molar-refractivity contribution < 1.29 is 14.3 Å². The molecule has 0 unspecified atom stereocenters. The zero-order valence-corrected chi connectivity index (χ0v) is 15.5. The summed E-state index contributed by atoms with van der Waals surface area (Å²) in [5, 5.41) is 11.6. The molecule has 4 rings (SSSR count). The molecule has 6 nitrogen and oxygen atoms in total. The van der Waals surface area contributed by atoms with Crippen LogP contribution in [0.1, 0.15) is 21.5 Å². The van der Waals surface area contributed by atoms with E-state index in [1.165, 1.54) is 0 Å². The van der Waals surface area contributed by atoms with Gasteiger partial charge in [-0.3, -0.25) is 9.59 Å². The summed E-state index contributed by atoms with van der Waals surface area (Å²) in [6.07, 6.45) is 0. The van der Waals surface area contributed by atoms with Gasteiger partial charge in [0.15, 0.2) is 6.61 Å². The Morgan fingerprint density at radius 2 is 1.83 bits per heavy atom. The Balaban J connectivity index is 1.55. The van der Waals surface area contributed by atoms with Crippen LogP contribution in [0.3, 0.4) is 0 Å². The molecular formula is C23H17N3O3. The van der Waals surface area contributed by atoms with E-state index < -0.39 is 0 Å². The maximum Gasteiger partial charge on any atom is 0.265 e. The molecule has 0 bridgehead atoms. The van der Waals surface area contributed by atoms with Crippen LogP contribution in [0.25, 0.3) is 0 Å². The predicted molar refractivity (Wildman–Crippen MR) is 109 cm³/mol. The summed E-state index contributed by atoms with van der Waals surface area (Å²) in [4.78, 5) is 26.6. The lowest BCUT2D eigenvalue weighted by molar-refractivity contribution is -0.121. The molecule has 1 heterocycles. The van der Waals surface area contributed by atoms with E-state index in [0.717, 1.165) is 5.56 Å². The fourth-order valence-electron chi connectivity index (χ4n) is 3.12. The van der Waals surface area contributed by atoms with Crippen molar-refractivity contribution in [2.24, 2.45) is 0 Å². The van der Waals surface area contributed by atoms with E-state index in [4.69, 9.17) is 10.00 Å². The van der Waals surface area contributed by atoms with E-state index in [2.05, 4.69) is 5.32 Å². The summed E-state index contributed by atoms with van der Waals surface area (Å²) < 4.78 is 5.57. The van der Waals surface area contributed by atoms with Crippen molar-refractivity contribution in [2.45, 2.75) is 6.54 Å². The van der Waals surface area contributed by atoms with Gasteiger partial charge in [-0.15, -0.1) is 0 Å². The highest BCUT2D eigenvalue weighted by Crippen LogP contribution is 2.34. The normalized spacial score (nSPS) is 12.5. The number of hydrogen-bond acceptors (Lipinski definition) is 4. The summed E-state index contributed by atoms with van der Waals surface area (Å²) >= 11 is 0. The Morgan fingerprint density at radius 1 is 1.07 bits per heavy atom. The molecule has 3 aromatic carbocycles. The first-order valence-corrected chi connectivity index (χ1v) is 9.07. The molecule has 2 amide bonds. The molecule has 29 heavy (non-hydrogen) atoms. The van der Waals surface area contributed by atoms with E-state index in [-0.39, 0.29) is 18.4 Å². The second kappa shape index (κ2) is 7.87. The monoisotopic (exact) mass is 383 g/mol. The van der Waals surface area contributed by atoms with Crippen molar-refractivity contribution in [2.75, 3.05) is 16.8 Å². The molecule has 1 aliphatic rings. The first-order chi connectivity index (χ1) is 14.1. The second-order valence-electron chi connectivity index (χ2n) is 6.58. The van der Waals surface area contributed by atoms with Gasteiger partial charge in [0, 0.05) is 11.3 Å². The van der Waals surface area contributed by atoms with Gasteiger partial charge >= 0.3 is 0 Å². The van der Waals surface area contributed by atoms with E-state index in [0.29, 0.717) is 34.8 Å². The zero-order valence-electron chi connectivity index (χ0n) is 15.5. The van der Waals surface area contributed by atoms with Crippen molar-refractivity contribution in [3.05, 3.63) is 89.5 Å². The molecule has 1 N–H and O–H groups in total. The van der Waals surface area contributed by atoms with Gasteiger partial charge in [-0.2, -0.15) is 5.26 Å². The van der Waals surface area contributed by atoms with Gasteiger partial charge in [0.2, 0.25) is 0 Å². The van der Waals surface area contributed by atoms with Crippen molar-refractivity contribution in [1.82, 2.24) is 0 Å². The van der Waals surface area contributed by atoms with Gasteiger partial charge in [-0.25, -0.2) is 0 Å². The number of rotatable bonds is 4. The van der Waals surface area contributed by atoms with Gasteiger partial charge in [-0.05, 0) is 48.0 Å². The number of carbonyl (C=O) groups excluding carboxylic acids is 2. The van der Waals surface area contributed by atoms with Gasteiger partial charge in [0.1, 0.15) is 5.75 Å². The van der Waals surface area contributed by atoms with Crippen LogP contribution < -0.4 is 15.0 Å². The number of nitrogens with one attached hydrogen (secondary N) is 1. The second-order valence-corrected chi connectivity index (χ2v) is 6.58.